The molecule has 1 heterocycles. The summed E-state index contributed by atoms with van der Waals surface area (Å²) in [7, 11) is 1.86. The second-order valence-corrected chi connectivity index (χ2v) is 5.97. The molecule has 7 heteroatoms. The molecule has 0 aliphatic heterocycles. The Morgan fingerprint density at radius 2 is 1.77 bits per heavy atom. The second kappa shape index (κ2) is 6.08. The molecular formula is C15H19F3N4. The van der Waals surface area contributed by atoms with E-state index in [2.05, 4.69) is 15.5 Å². The van der Waals surface area contributed by atoms with E-state index < -0.39 is 11.7 Å². The lowest BCUT2D eigenvalue weighted by Gasteiger charge is -2.26. The summed E-state index contributed by atoms with van der Waals surface area (Å²) in [5.41, 5.74) is -0.0457. The zero-order valence-corrected chi connectivity index (χ0v) is 12.8. The molecule has 0 bridgehead atoms. The molecule has 22 heavy (non-hydrogen) atoms. The van der Waals surface area contributed by atoms with Crippen LogP contribution in [-0.4, -0.2) is 20.3 Å². The van der Waals surface area contributed by atoms with E-state index in [1.807, 2.05) is 25.5 Å². The van der Waals surface area contributed by atoms with E-state index in [0.29, 0.717) is 13.0 Å². The van der Waals surface area contributed by atoms with Crippen LogP contribution in [0, 0.1) is 0 Å². The Morgan fingerprint density at radius 3 is 2.27 bits per heavy atom. The monoisotopic (exact) mass is 312 g/mol. The van der Waals surface area contributed by atoms with Gasteiger partial charge in [0, 0.05) is 12.6 Å². The van der Waals surface area contributed by atoms with Crippen molar-refractivity contribution in [3.05, 3.63) is 47.5 Å². The van der Waals surface area contributed by atoms with E-state index in [0.717, 1.165) is 23.5 Å². The smallest absolute Gasteiger partial charge is 0.320 e. The highest BCUT2D eigenvalue weighted by molar-refractivity contribution is 5.25. The highest BCUT2D eigenvalue weighted by atomic mass is 19.4. The van der Waals surface area contributed by atoms with Crippen LogP contribution in [0.4, 0.5) is 13.2 Å². The lowest BCUT2D eigenvalue weighted by atomic mass is 9.94. The maximum Gasteiger partial charge on any atom is 0.416 e. The fourth-order valence-corrected chi connectivity index (χ4v) is 2.17. The van der Waals surface area contributed by atoms with Crippen LogP contribution in [0.5, 0.6) is 0 Å². The quantitative estimate of drug-likeness (QED) is 0.923. The fourth-order valence-electron chi connectivity index (χ4n) is 2.17. The molecule has 0 saturated heterocycles. The number of aromatic nitrogens is 3. The van der Waals surface area contributed by atoms with Gasteiger partial charge in [-0.1, -0.05) is 12.1 Å². The molecule has 0 unspecified atom stereocenters. The summed E-state index contributed by atoms with van der Waals surface area (Å²) < 4.78 is 39.5. The molecule has 0 amide bonds. The van der Waals surface area contributed by atoms with Crippen LogP contribution in [0.2, 0.25) is 0 Å². The normalized spacial score (nSPS) is 12.6. The number of benzene rings is 1. The fraction of sp³-hybridized carbons (Fsp3) is 0.467. The van der Waals surface area contributed by atoms with Gasteiger partial charge in [-0.15, -0.1) is 10.2 Å². The first-order chi connectivity index (χ1) is 10.2. The molecule has 0 atom stereocenters. The first-order valence-electron chi connectivity index (χ1n) is 6.91. The van der Waals surface area contributed by atoms with E-state index in [-0.39, 0.29) is 5.54 Å². The van der Waals surface area contributed by atoms with Gasteiger partial charge < -0.3 is 9.88 Å². The number of hydrogen-bond donors (Lipinski definition) is 1. The van der Waals surface area contributed by atoms with Crippen molar-refractivity contribution in [3.8, 4) is 0 Å². The molecule has 1 aromatic heterocycles. The van der Waals surface area contributed by atoms with Crippen molar-refractivity contribution in [3.63, 3.8) is 0 Å². The van der Waals surface area contributed by atoms with Crippen molar-refractivity contribution in [1.82, 2.24) is 20.1 Å². The SMILES string of the molecule is Cn1cnnc1CNC(C)(C)Cc1ccc(C(F)(F)F)cc1. The number of aryl methyl sites for hydroxylation is 1. The van der Waals surface area contributed by atoms with Crippen molar-refractivity contribution < 1.29 is 13.2 Å². The molecule has 0 radical (unpaired) electrons. The number of alkyl halides is 3. The summed E-state index contributed by atoms with van der Waals surface area (Å²) in [6.07, 6.45) is -2.06. The Bertz CT molecular complexity index is 614. The number of hydrogen-bond acceptors (Lipinski definition) is 3. The highest BCUT2D eigenvalue weighted by Gasteiger charge is 2.30. The van der Waals surface area contributed by atoms with Crippen LogP contribution in [0.25, 0.3) is 0 Å². The van der Waals surface area contributed by atoms with E-state index in [1.54, 1.807) is 6.33 Å². The maximum atomic E-state index is 12.5. The second-order valence-electron chi connectivity index (χ2n) is 5.97. The minimum absolute atomic E-state index is 0.272. The average molecular weight is 312 g/mol. The Balaban J connectivity index is 1.97. The largest absolute Gasteiger partial charge is 0.416 e. The third kappa shape index (κ3) is 4.30. The minimum atomic E-state index is -4.29. The number of nitrogens with one attached hydrogen (secondary N) is 1. The zero-order chi connectivity index (χ0) is 16.4. The lowest BCUT2D eigenvalue weighted by Crippen LogP contribution is -2.41. The average Bonchev–Trinajstić information content (AvgIpc) is 2.81. The topological polar surface area (TPSA) is 42.7 Å². The van der Waals surface area contributed by atoms with Crippen molar-refractivity contribution in [1.29, 1.82) is 0 Å². The van der Waals surface area contributed by atoms with Crippen LogP contribution >= 0.6 is 0 Å². The predicted molar refractivity (Wildman–Crippen MR) is 77.1 cm³/mol. The van der Waals surface area contributed by atoms with Crippen LogP contribution in [0.1, 0.15) is 30.8 Å². The van der Waals surface area contributed by atoms with Gasteiger partial charge in [0.1, 0.15) is 12.2 Å². The Labute approximate surface area is 127 Å². The van der Waals surface area contributed by atoms with Gasteiger partial charge in [-0.3, -0.25) is 0 Å². The van der Waals surface area contributed by atoms with E-state index in [1.165, 1.54) is 12.1 Å². The molecule has 120 valence electrons. The van der Waals surface area contributed by atoms with Gasteiger partial charge in [0.25, 0.3) is 0 Å². The molecule has 2 rings (SSSR count). The summed E-state index contributed by atoms with van der Waals surface area (Å²) >= 11 is 0. The maximum absolute atomic E-state index is 12.5. The summed E-state index contributed by atoms with van der Waals surface area (Å²) in [6.45, 7) is 4.55. The standard InChI is InChI=1S/C15H19F3N4/c1-14(2,19-9-13-21-20-10-22(13)3)8-11-4-6-12(7-5-11)15(16,17)18/h4-7,10,19H,8-9H2,1-3H3. The molecule has 1 aromatic carbocycles. The van der Waals surface area contributed by atoms with Gasteiger partial charge in [-0.05, 0) is 38.0 Å². The first-order valence-corrected chi connectivity index (χ1v) is 6.91. The van der Waals surface area contributed by atoms with Crippen LogP contribution in [0.3, 0.4) is 0 Å². The van der Waals surface area contributed by atoms with Gasteiger partial charge in [0.15, 0.2) is 0 Å². The van der Waals surface area contributed by atoms with Gasteiger partial charge in [-0.25, -0.2) is 0 Å². The number of nitrogens with zero attached hydrogens (tertiary/aromatic N) is 3. The first kappa shape index (κ1) is 16.5. The summed E-state index contributed by atoms with van der Waals surface area (Å²) in [5, 5.41) is 11.1. The summed E-state index contributed by atoms with van der Waals surface area (Å²) in [4.78, 5) is 0. The molecule has 1 N–H and O–H groups in total. The lowest BCUT2D eigenvalue weighted by molar-refractivity contribution is -0.137. The van der Waals surface area contributed by atoms with E-state index >= 15 is 0 Å². The number of rotatable bonds is 5. The zero-order valence-electron chi connectivity index (χ0n) is 12.8. The predicted octanol–water partition coefficient (Wildman–Crippen LogP) is 2.94. The molecule has 0 aliphatic carbocycles. The van der Waals surface area contributed by atoms with Gasteiger partial charge >= 0.3 is 6.18 Å². The molecule has 2 aromatic rings. The van der Waals surface area contributed by atoms with Gasteiger partial charge in [0.2, 0.25) is 0 Å². The Hall–Kier alpha value is -1.89. The molecule has 0 fully saturated rings. The molecule has 0 saturated carbocycles. The third-order valence-corrected chi connectivity index (χ3v) is 3.46. The van der Waals surface area contributed by atoms with Crippen LogP contribution < -0.4 is 5.32 Å². The molecular weight excluding hydrogens is 293 g/mol. The molecule has 4 nitrogen and oxygen atoms in total. The molecule has 0 spiro atoms. The third-order valence-electron chi connectivity index (χ3n) is 3.46. The number of halogens is 3. The van der Waals surface area contributed by atoms with Crippen molar-refractivity contribution in [2.45, 2.75) is 38.5 Å². The van der Waals surface area contributed by atoms with Crippen LogP contribution in [-0.2, 0) is 26.2 Å². The van der Waals surface area contributed by atoms with Crippen LogP contribution in [0.15, 0.2) is 30.6 Å². The van der Waals surface area contributed by atoms with Crippen molar-refractivity contribution in [2.75, 3.05) is 0 Å². The van der Waals surface area contributed by atoms with Gasteiger partial charge in [-0.2, -0.15) is 13.2 Å². The summed E-state index contributed by atoms with van der Waals surface area (Å²) in [5.74, 6) is 0.806. The highest BCUT2D eigenvalue weighted by Crippen LogP contribution is 2.29. The Morgan fingerprint density at radius 1 is 1.14 bits per heavy atom. The van der Waals surface area contributed by atoms with Gasteiger partial charge in [0.05, 0.1) is 12.1 Å². The Kier molecular flexibility index (Phi) is 4.55. The summed E-state index contributed by atoms with van der Waals surface area (Å²) in [6, 6.07) is 5.28. The van der Waals surface area contributed by atoms with Crippen molar-refractivity contribution >= 4 is 0 Å². The van der Waals surface area contributed by atoms with E-state index in [4.69, 9.17) is 0 Å². The van der Waals surface area contributed by atoms with Crippen molar-refractivity contribution in [2.24, 2.45) is 7.05 Å². The molecule has 0 aliphatic rings. The minimum Gasteiger partial charge on any atom is -0.320 e. The van der Waals surface area contributed by atoms with E-state index in [9.17, 15) is 13.2 Å².